The van der Waals surface area contributed by atoms with Crippen LogP contribution in [0.25, 0.3) is 5.76 Å². The number of carbonyl (C=O) groups is 2. The summed E-state index contributed by atoms with van der Waals surface area (Å²) in [7, 11) is 0. The lowest BCUT2D eigenvalue weighted by Crippen LogP contribution is -2.09. The number of hydrogen-bond donors (Lipinski definition) is 2. The van der Waals surface area contributed by atoms with Crippen molar-refractivity contribution in [2.75, 3.05) is 0 Å². The Labute approximate surface area is 92.8 Å². The lowest BCUT2D eigenvalue weighted by atomic mass is 10.0. The Morgan fingerprint density at radius 3 is 2.25 bits per heavy atom. The fourth-order valence-electron chi connectivity index (χ4n) is 1.17. The molecule has 0 heterocycles. The molecular weight excluding hydrogens is 208 g/mol. The molecule has 0 atom stereocenters. The Morgan fingerprint density at radius 2 is 1.75 bits per heavy atom. The van der Waals surface area contributed by atoms with E-state index in [1.807, 2.05) is 13.8 Å². The molecule has 0 saturated heterocycles. The van der Waals surface area contributed by atoms with Crippen molar-refractivity contribution >= 4 is 17.5 Å². The van der Waals surface area contributed by atoms with Crippen LogP contribution in [0.1, 0.15) is 16.7 Å². The number of aliphatic carboxylic acids is 1. The molecule has 1 aromatic carbocycles. The Balaban J connectivity index is 3.05. The van der Waals surface area contributed by atoms with E-state index in [9.17, 15) is 14.7 Å². The Bertz CT molecular complexity index is 472. The van der Waals surface area contributed by atoms with Gasteiger partial charge in [0.05, 0.1) is 0 Å². The summed E-state index contributed by atoms with van der Waals surface area (Å²) < 4.78 is 0. The van der Waals surface area contributed by atoms with Crippen molar-refractivity contribution in [1.29, 1.82) is 0 Å². The lowest BCUT2D eigenvalue weighted by molar-refractivity contribution is -0.146. The van der Waals surface area contributed by atoms with E-state index in [0.717, 1.165) is 11.1 Å². The quantitative estimate of drug-likeness (QED) is 0.463. The van der Waals surface area contributed by atoms with Gasteiger partial charge in [0.15, 0.2) is 0 Å². The number of carbonyl (C=O) groups excluding carboxylic acids is 1. The molecule has 0 aromatic heterocycles. The molecule has 0 aliphatic heterocycles. The Kier molecular flexibility index (Phi) is 3.45. The van der Waals surface area contributed by atoms with Crippen LogP contribution < -0.4 is 0 Å². The number of carboxylic acids is 1. The first-order chi connectivity index (χ1) is 7.41. The van der Waals surface area contributed by atoms with Gasteiger partial charge in [-0.3, -0.25) is 4.79 Å². The zero-order valence-corrected chi connectivity index (χ0v) is 9.02. The van der Waals surface area contributed by atoms with Crippen LogP contribution in [0.4, 0.5) is 0 Å². The second-order valence-electron chi connectivity index (χ2n) is 3.50. The number of carboxylic acid groups (broad SMARTS) is 1. The lowest BCUT2D eigenvalue weighted by Gasteiger charge is -2.03. The van der Waals surface area contributed by atoms with Crippen LogP contribution in [0.2, 0.25) is 0 Å². The predicted octanol–water partition coefficient (Wildman–Crippen LogP) is 1.86. The number of aliphatic hydroxyl groups is 1. The molecule has 0 aliphatic rings. The van der Waals surface area contributed by atoms with Gasteiger partial charge in [-0.15, -0.1) is 0 Å². The van der Waals surface area contributed by atoms with Crippen molar-refractivity contribution in [2.24, 2.45) is 0 Å². The molecule has 0 radical (unpaired) electrons. The van der Waals surface area contributed by atoms with Gasteiger partial charge in [-0.2, -0.15) is 0 Å². The maximum Gasteiger partial charge on any atom is 0.376 e. The molecule has 0 unspecified atom stereocenters. The van der Waals surface area contributed by atoms with Crippen molar-refractivity contribution in [3.8, 4) is 0 Å². The highest BCUT2D eigenvalue weighted by atomic mass is 16.4. The highest BCUT2D eigenvalue weighted by molar-refractivity contribution is 6.38. The minimum absolute atomic E-state index is 0.337. The van der Waals surface area contributed by atoms with E-state index in [-0.39, 0.29) is 5.76 Å². The molecule has 0 saturated carbocycles. The van der Waals surface area contributed by atoms with Crippen molar-refractivity contribution in [1.82, 2.24) is 0 Å². The van der Waals surface area contributed by atoms with Gasteiger partial charge in [0, 0.05) is 11.6 Å². The fourth-order valence-corrected chi connectivity index (χ4v) is 1.17. The van der Waals surface area contributed by atoms with Crippen LogP contribution in [0.15, 0.2) is 24.3 Å². The first-order valence-electron chi connectivity index (χ1n) is 4.67. The molecular formula is C12H12O4. The van der Waals surface area contributed by atoms with E-state index in [2.05, 4.69) is 0 Å². The molecule has 0 amide bonds. The van der Waals surface area contributed by atoms with Gasteiger partial charge in [-0.25, -0.2) is 4.79 Å². The summed E-state index contributed by atoms with van der Waals surface area (Å²) in [6.45, 7) is 3.79. The molecule has 4 nitrogen and oxygen atoms in total. The van der Waals surface area contributed by atoms with Crippen LogP contribution in [0, 0.1) is 13.8 Å². The van der Waals surface area contributed by atoms with E-state index in [1.54, 1.807) is 18.2 Å². The van der Waals surface area contributed by atoms with Crippen LogP contribution >= 0.6 is 0 Å². The molecule has 1 rings (SSSR count). The number of aliphatic hydroxyl groups excluding tert-OH is 1. The maximum absolute atomic E-state index is 10.8. The van der Waals surface area contributed by atoms with Gasteiger partial charge >= 0.3 is 5.97 Å². The molecule has 0 bridgehead atoms. The van der Waals surface area contributed by atoms with Crippen LogP contribution in [-0.2, 0) is 9.59 Å². The average molecular weight is 220 g/mol. The SMILES string of the molecule is Cc1ccc(/C(O)=C/C(=O)C(=O)O)cc1C. The molecule has 1 aromatic rings. The minimum atomic E-state index is -1.59. The highest BCUT2D eigenvalue weighted by Crippen LogP contribution is 2.15. The van der Waals surface area contributed by atoms with E-state index in [1.165, 1.54) is 0 Å². The second kappa shape index (κ2) is 4.61. The van der Waals surface area contributed by atoms with Crippen LogP contribution in [0.3, 0.4) is 0 Å². The summed E-state index contributed by atoms with van der Waals surface area (Å²) in [5.41, 5.74) is 2.44. The zero-order chi connectivity index (χ0) is 12.3. The summed E-state index contributed by atoms with van der Waals surface area (Å²) >= 11 is 0. The Morgan fingerprint density at radius 1 is 1.12 bits per heavy atom. The number of benzene rings is 1. The summed E-state index contributed by atoms with van der Waals surface area (Å²) in [5.74, 6) is -3.07. The standard InChI is InChI=1S/C12H12O4/c1-7-3-4-9(5-8(7)2)10(13)6-11(14)12(15)16/h3-6,13H,1-2H3,(H,15,16)/b10-6-. The van der Waals surface area contributed by atoms with E-state index >= 15 is 0 Å². The minimum Gasteiger partial charge on any atom is -0.507 e. The first kappa shape index (κ1) is 12.0. The molecule has 0 spiro atoms. The molecule has 0 aliphatic carbocycles. The monoisotopic (exact) mass is 220 g/mol. The van der Waals surface area contributed by atoms with Gasteiger partial charge in [0.25, 0.3) is 5.78 Å². The number of aryl methyl sites for hydroxylation is 2. The molecule has 84 valence electrons. The third-order valence-electron chi connectivity index (χ3n) is 2.28. The molecule has 16 heavy (non-hydrogen) atoms. The van der Waals surface area contributed by atoms with Crippen molar-refractivity contribution in [3.63, 3.8) is 0 Å². The smallest absolute Gasteiger partial charge is 0.376 e. The van der Waals surface area contributed by atoms with Gasteiger partial charge < -0.3 is 10.2 Å². The number of ketones is 1. The largest absolute Gasteiger partial charge is 0.507 e. The van der Waals surface area contributed by atoms with Gasteiger partial charge in [-0.05, 0) is 31.0 Å². The number of hydrogen-bond acceptors (Lipinski definition) is 3. The zero-order valence-electron chi connectivity index (χ0n) is 9.02. The van der Waals surface area contributed by atoms with E-state index in [4.69, 9.17) is 5.11 Å². The molecule has 2 N–H and O–H groups in total. The normalized spacial score (nSPS) is 11.2. The van der Waals surface area contributed by atoms with Crippen LogP contribution in [-0.4, -0.2) is 22.0 Å². The van der Waals surface area contributed by atoms with E-state index < -0.39 is 11.8 Å². The van der Waals surface area contributed by atoms with E-state index in [0.29, 0.717) is 11.6 Å². The maximum atomic E-state index is 10.8. The highest BCUT2D eigenvalue weighted by Gasteiger charge is 2.10. The number of rotatable bonds is 3. The van der Waals surface area contributed by atoms with Crippen molar-refractivity contribution in [2.45, 2.75) is 13.8 Å². The fraction of sp³-hybridized carbons (Fsp3) is 0.167. The summed E-state index contributed by atoms with van der Waals surface area (Å²) in [6.07, 6.45) is 0.701. The van der Waals surface area contributed by atoms with Gasteiger partial charge in [-0.1, -0.05) is 12.1 Å². The third-order valence-corrected chi connectivity index (χ3v) is 2.28. The van der Waals surface area contributed by atoms with Crippen molar-refractivity contribution < 1.29 is 19.8 Å². The third kappa shape index (κ3) is 2.70. The average Bonchev–Trinajstić information content (AvgIpc) is 2.21. The first-order valence-corrected chi connectivity index (χ1v) is 4.67. The van der Waals surface area contributed by atoms with Crippen molar-refractivity contribution in [3.05, 3.63) is 41.0 Å². The van der Waals surface area contributed by atoms with Gasteiger partial charge in [0.1, 0.15) is 5.76 Å². The summed E-state index contributed by atoms with van der Waals surface area (Å²) in [4.78, 5) is 21.1. The second-order valence-corrected chi connectivity index (χ2v) is 3.50. The summed E-state index contributed by atoms with van der Waals surface area (Å²) in [6, 6.07) is 5.11. The predicted molar refractivity (Wildman–Crippen MR) is 59.2 cm³/mol. The topological polar surface area (TPSA) is 74.6 Å². The van der Waals surface area contributed by atoms with Gasteiger partial charge in [0.2, 0.25) is 0 Å². The summed E-state index contributed by atoms with van der Waals surface area (Å²) in [5, 5.41) is 17.9. The molecule has 4 heteroatoms. The Hall–Kier alpha value is -2.10. The molecule has 0 fully saturated rings. The van der Waals surface area contributed by atoms with Crippen LogP contribution in [0.5, 0.6) is 0 Å².